The molecule has 27 heavy (non-hydrogen) atoms. The first-order valence-electron chi connectivity index (χ1n) is 8.53. The molecule has 0 unspecified atom stereocenters. The number of phenolic OH excluding ortho intramolecular Hbond substituents is 1. The summed E-state index contributed by atoms with van der Waals surface area (Å²) in [6.07, 6.45) is 1.91. The number of hydrazone groups is 1. The van der Waals surface area contributed by atoms with E-state index in [1.165, 1.54) is 5.01 Å². The van der Waals surface area contributed by atoms with Crippen molar-refractivity contribution in [3.63, 3.8) is 0 Å². The number of amides is 1. The summed E-state index contributed by atoms with van der Waals surface area (Å²) in [6, 6.07) is 13.4. The number of hydrogen-bond acceptors (Lipinski definition) is 5. The van der Waals surface area contributed by atoms with Gasteiger partial charge >= 0.3 is 0 Å². The van der Waals surface area contributed by atoms with Crippen molar-refractivity contribution in [2.45, 2.75) is 25.8 Å². The Morgan fingerprint density at radius 3 is 2.59 bits per heavy atom. The molecular weight excluding hydrogens is 366 g/mol. The maximum Gasteiger partial charge on any atom is 0.242 e. The van der Waals surface area contributed by atoms with Crippen molar-refractivity contribution in [3.8, 4) is 5.75 Å². The lowest BCUT2D eigenvalue weighted by atomic mass is 9.98. The number of sulfonamides is 1. The van der Waals surface area contributed by atoms with Crippen LogP contribution in [-0.4, -0.2) is 36.4 Å². The molecule has 0 saturated carbocycles. The second kappa shape index (κ2) is 7.40. The van der Waals surface area contributed by atoms with Crippen LogP contribution in [0.3, 0.4) is 0 Å². The fourth-order valence-corrected chi connectivity index (χ4v) is 3.56. The van der Waals surface area contributed by atoms with E-state index in [9.17, 15) is 18.3 Å². The van der Waals surface area contributed by atoms with E-state index < -0.39 is 10.0 Å². The standard InChI is InChI=1S/C19H21N3O4S/c1-3-19(24)22-18(13-7-9-16(23)10-8-13)12-17(20-22)14-5-4-6-15(11-14)21-27(2,25)26/h4-11,18,21,23H,3,12H2,1-2H3/t18-/m0/s1. The number of aromatic hydroxyl groups is 1. The summed E-state index contributed by atoms with van der Waals surface area (Å²) in [6.45, 7) is 1.78. The minimum absolute atomic E-state index is 0.103. The van der Waals surface area contributed by atoms with Gasteiger partial charge in [-0.1, -0.05) is 31.2 Å². The third kappa shape index (κ3) is 4.46. The Labute approximate surface area is 158 Å². The number of anilines is 1. The lowest BCUT2D eigenvalue weighted by Crippen LogP contribution is -2.26. The highest BCUT2D eigenvalue weighted by Crippen LogP contribution is 2.34. The Hall–Kier alpha value is -2.87. The predicted octanol–water partition coefficient (Wildman–Crippen LogP) is 2.85. The third-order valence-electron chi connectivity index (χ3n) is 4.25. The van der Waals surface area contributed by atoms with Gasteiger partial charge in [-0.05, 0) is 35.4 Å². The second-order valence-corrected chi connectivity index (χ2v) is 8.15. The van der Waals surface area contributed by atoms with Crippen LogP contribution in [0.1, 0.15) is 36.9 Å². The molecular formula is C19H21N3O4S. The molecule has 2 N–H and O–H groups in total. The molecule has 0 radical (unpaired) electrons. The number of rotatable bonds is 5. The molecule has 0 fully saturated rings. The van der Waals surface area contributed by atoms with E-state index in [4.69, 9.17) is 0 Å². The molecule has 1 heterocycles. The Morgan fingerprint density at radius 2 is 1.96 bits per heavy atom. The quantitative estimate of drug-likeness (QED) is 0.824. The molecule has 1 aliphatic rings. The van der Waals surface area contributed by atoms with Crippen LogP contribution in [0.4, 0.5) is 5.69 Å². The van der Waals surface area contributed by atoms with Gasteiger partial charge in [-0.25, -0.2) is 13.4 Å². The van der Waals surface area contributed by atoms with Crippen LogP contribution in [0.2, 0.25) is 0 Å². The molecule has 1 amide bonds. The van der Waals surface area contributed by atoms with E-state index in [1.807, 2.05) is 6.07 Å². The highest BCUT2D eigenvalue weighted by atomic mass is 32.2. The van der Waals surface area contributed by atoms with Crippen molar-refractivity contribution in [2.75, 3.05) is 11.0 Å². The van der Waals surface area contributed by atoms with E-state index in [0.29, 0.717) is 24.2 Å². The number of carbonyl (C=O) groups excluding carboxylic acids is 1. The molecule has 7 nitrogen and oxygen atoms in total. The molecule has 2 aromatic carbocycles. The van der Waals surface area contributed by atoms with Gasteiger partial charge in [-0.2, -0.15) is 5.10 Å². The zero-order chi connectivity index (χ0) is 19.6. The van der Waals surface area contributed by atoms with E-state index in [0.717, 1.165) is 17.4 Å². The van der Waals surface area contributed by atoms with Crippen LogP contribution >= 0.6 is 0 Å². The Kier molecular flexibility index (Phi) is 5.18. The zero-order valence-electron chi connectivity index (χ0n) is 15.1. The minimum atomic E-state index is -3.38. The number of benzene rings is 2. The van der Waals surface area contributed by atoms with E-state index in [1.54, 1.807) is 49.4 Å². The van der Waals surface area contributed by atoms with Gasteiger partial charge in [0.15, 0.2) is 0 Å². The van der Waals surface area contributed by atoms with Crippen LogP contribution in [0.25, 0.3) is 0 Å². The largest absolute Gasteiger partial charge is 0.508 e. The van der Waals surface area contributed by atoms with E-state index in [-0.39, 0.29) is 17.7 Å². The van der Waals surface area contributed by atoms with Gasteiger partial charge in [0.1, 0.15) is 5.75 Å². The molecule has 0 saturated heterocycles. The monoisotopic (exact) mass is 387 g/mol. The second-order valence-electron chi connectivity index (χ2n) is 6.41. The number of phenols is 1. The van der Waals surface area contributed by atoms with Crippen LogP contribution in [-0.2, 0) is 14.8 Å². The summed E-state index contributed by atoms with van der Waals surface area (Å²) < 4.78 is 25.4. The van der Waals surface area contributed by atoms with Gasteiger partial charge in [0.05, 0.1) is 18.0 Å². The number of nitrogens with one attached hydrogen (secondary N) is 1. The summed E-state index contributed by atoms with van der Waals surface area (Å²) in [5.41, 5.74) is 2.77. The summed E-state index contributed by atoms with van der Waals surface area (Å²) in [7, 11) is -3.38. The number of hydrogen-bond donors (Lipinski definition) is 2. The van der Waals surface area contributed by atoms with Crippen molar-refractivity contribution in [1.82, 2.24) is 5.01 Å². The molecule has 0 spiro atoms. The summed E-state index contributed by atoms with van der Waals surface area (Å²) >= 11 is 0. The van der Waals surface area contributed by atoms with E-state index in [2.05, 4.69) is 9.82 Å². The third-order valence-corrected chi connectivity index (χ3v) is 4.85. The molecule has 3 rings (SSSR count). The van der Waals surface area contributed by atoms with Crippen LogP contribution < -0.4 is 4.72 Å². The molecule has 142 valence electrons. The highest BCUT2D eigenvalue weighted by Gasteiger charge is 2.32. The molecule has 0 bridgehead atoms. The fourth-order valence-electron chi connectivity index (χ4n) is 3.01. The molecule has 1 aliphatic heterocycles. The number of nitrogens with zero attached hydrogens (tertiary/aromatic N) is 2. The average molecular weight is 387 g/mol. The lowest BCUT2D eigenvalue weighted by Gasteiger charge is -2.21. The smallest absolute Gasteiger partial charge is 0.242 e. The Morgan fingerprint density at radius 1 is 1.26 bits per heavy atom. The van der Waals surface area contributed by atoms with Crippen molar-refractivity contribution in [2.24, 2.45) is 5.10 Å². The Balaban J connectivity index is 1.93. The SMILES string of the molecule is CCC(=O)N1N=C(c2cccc(NS(C)(=O)=O)c2)C[C@H]1c1ccc(O)cc1. The minimum Gasteiger partial charge on any atom is -0.508 e. The van der Waals surface area contributed by atoms with Gasteiger partial charge in [-0.15, -0.1) is 0 Å². The van der Waals surface area contributed by atoms with Crippen LogP contribution in [0.15, 0.2) is 53.6 Å². The van der Waals surface area contributed by atoms with Crippen molar-refractivity contribution >= 4 is 27.3 Å². The van der Waals surface area contributed by atoms with Crippen molar-refractivity contribution in [1.29, 1.82) is 0 Å². The first-order chi connectivity index (χ1) is 12.8. The predicted molar refractivity (Wildman–Crippen MR) is 104 cm³/mol. The molecule has 8 heteroatoms. The van der Waals surface area contributed by atoms with Gasteiger partial charge in [0.25, 0.3) is 0 Å². The van der Waals surface area contributed by atoms with Gasteiger partial charge in [0, 0.05) is 18.5 Å². The van der Waals surface area contributed by atoms with Crippen molar-refractivity contribution < 1.29 is 18.3 Å². The first kappa shape index (κ1) is 18.9. The lowest BCUT2D eigenvalue weighted by molar-refractivity contribution is -0.132. The highest BCUT2D eigenvalue weighted by molar-refractivity contribution is 7.92. The summed E-state index contributed by atoms with van der Waals surface area (Å²) in [5.74, 6) is 0.0549. The van der Waals surface area contributed by atoms with Crippen molar-refractivity contribution in [3.05, 3.63) is 59.7 Å². The maximum atomic E-state index is 12.4. The fraction of sp³-hybridized carbons (Fsp3) is 0.263. The molecule has 0 aromatic heterocycles. The summed E-state index contributed by atoms with van der Waals surface area (Å²) in [4.78, 5) is 12.4. The Bertz CT molecular complexity index is 984. The normalized spacial score (nSPS) is 16.9. The summed E-state index contributed by atoms with van der Waals surface area (Å²) in [5, 5.41) is 15.5. The molecule has 1 atom stereocenters. The maximum absolute atomic E-state index is 12.4. The van der Waals surface area contributed by atoms with Gasteiger partial charge in [-0.3, -0.25) is 9.52 Å². The molecule has 2 aromatic rings. The van der Waals surface area contributed by atoms with E-state index >= 15 is 0 Å². The van der Waals surface area contributed by atoms with Gasteiger partial charge < -0.3 is 5.11 Å². The number of carbonyl (C=O) groups is 1. The average Bonchev–Trinajstić information content (AvgIpc) is 3.06. The zero-order valence-corrected chi connectivity index (χ0v) is 15.9. The molecule has 0 aliphatic carbocycles. The van der Waals surface area contributed by atoms with Crippen LogP contribution in [0.5, 0.6) is 5.75 Å². The van der Waals surface area contributed by atoms with Crippen LogP contribution in [0, 0.1) is 0 Å². The van der Waals surface area contributed by atoms with Gasteiger partial charge in [0.2, 0.25) is 15.9 Å². The topological polar surface area (TPSA) is 99.1 Å². The first-order valence-corrected chi connectivity index (χ1v) is 10.4.